The number of carbonyl (C=O) groups is 2. The van der Waals surface area contributed by atoms with Gasteiger partial charge < -0.3 is 14.2 Å². The highest BCUT2D eigenvalue weighted by atomic mass is 35.5. The third-order valence-electron chi connectivity index (χ3n) is 7.07. The average molecular weight is 613 g/mol. The molecular weight excluding hydrogens is 585 g/mol. The molecule has 2 heterocycles. The zero-order valence-electron chi connectivity index (χ0n) is 22.1. The van der Waals surface area contributed by atoms with E-state index < -0.39 is 22.0 Å². The first-order valence-corrected chi connectivity index (χ1v) is 15.1. The fourth-order valence-electron chi connectivity index (χ4n) is 4.93. The van der Waals surface area contributed by atoms with Crippen LogP contribution in [0.4, 0.5) is 0 Å². The summed E-state index contributed by atoms with van der Waals surface area (Å²) in [5, 5.41) is -0.0505. The van der Waals surface area contributed by atoms with Crippen molar-refractivity contribution < 1.29 is 22.4 Å². The highest BCUT2D eigenvalue weighted by Crippen LogP contribution is 2.34. The molecule has 8 nitrogen and oxygen atoms in total. The largest absolute Gasteiger partial charge is 0.459 e. The summed E-state index contributed by atoms with van der Waals surface area (Å²) in [5.74, 6) is -0.577. The summed E-state index contributed by atoms with van der Waals surface area (Å²) in [7, 11) is -2.45. The van der Waals surface area contributed by atoms with E-state index in [1.165, 1.54) is 32.5 Å². The van der Waals surface area contributed by atoms with Gasteiger partial charge in [-0.15, -0.1) is 0 Å². The van der Waals surface area contributed by atoms with Gasteiger partial charge in [-0.05, 0) is 35.4 Å². The van der Waals surface area contributed by atoms with E-state index in [9.17, 15) is 18.0 Å². The Labute approximate surface area is 248 Å². The van der Waals surface area contributed by atoms with Gasteiger partial charge in [0.05, 0.1) is 27.9 Å². The van der Waals surface area contributed by atoms with Gasteiger partial charge in [0.2, 0.25) is 10.0 Å². The SMILES string of the molecule is CN(C(=O)c1cc(S(=O)(=O)N2CCN(C(=O)c3ccco3)CC2)c(Cl)cc1Cl)C(c1ccccc1)c1ccccc1. The molecule has 0 N–H and O–H groups in total. The average Bonchev–Trinajstić information content (AvgIpc) is 3.53. The number of furan rings is 1. The van der Waals surface area contributed by atoms with Gasteiger partial charge in [-0.3, -0.25) is 9.59 Å². The van der Waals surface area contributed by atoms with Gasteiger partial charge in [-0.25, -0.2) is 8.42 Å². The van der Waals surface area contributed by atoms with Crippen LogP contribution in [0.5, 0.6) is 0 Å². The number of amides is 2. The lowest BCUT2D eigenvalue weighted by Gasteiger charge is -2.34. The molecule has 4 aromatic rings. The number of hydrogen-bond donors (Lipinski definition) is 0. The standard InChI is InChI=1S/C30H27Cl2N3O5S/c1-33(28(21-9-4-2-5-10-21)22-11-6-3-7-12-22)29(36)23-19-27(25(32)20-24(23)31)41(38,39)35-16-14-34(15-17-35)30(37)26-13-8-18-40-26/h2-13,18-20,28H,14-17H2,1H3. The minimum absolute atomic E-state index is 0.0145. The van der Waals surface area contributed by atoms with Crippen molar-refractivity contribution in [3.8, 4) is 0 Å². The van der Waals surface area contributed by atoms with E-state index in [0.29, 0.717) is 0 Å². The van der Waals surface area contributed by atoms with E-state index in [1.54, 1.807) is 19.2 Å². The van der Waals surface area contributed by atoms with E-state index in [-0.39, 0.29) is 58.4 Å². The van der Waals surface area contributed by atoms with Crippen LogP contribution >= 0.6 is 23.2 Å². The molecule has 0 spiro atoms. The number of sulfonamides is 1. The zero-order valence-corrected chi connectivity index (χ0v) is 24.4. The summed E-state index contributed by atoms with van der Waals surface area (Å²) < 4.78 is 33.8. The molecule has 41 heavy (non-hydrogen) atoms. The monoisotopic (exact) mass is 611 g/mol. The molecule has 1 aromatic heterocycles. The number of halogens is 2. The van der Waals surface area contributed by atoms with Crippen LogP contribution in [0.15, 0.2) is 101 Å². The highest BCUT2D eigenvalue weighted by Gasteiger charge is 2.34. The molecule has 1 fully saturated rings. The number of piperazine rings is 1. The van der Waals surface area contributed by atoms with Crippen LogP contribution in [0.2, 0.25) is 10.0 Å². The topological polar surface area (TPSA) is 91.1 Å². The second-order valence-electron chi connectivity index (χ2n) is 9.58. The molecule has 5 rings (SSSR count). The van der Waals surface area contributed by atoms with Crippen LogP contribution in [0.3, 0.4) is 0 Å². The Hall–Kier alpha value is -3.63. The van der Waals surface area contributed by atoms with Crippen LogP contribution in [0, 0.1) is 0 Å². The fourth-order valence-corrected chi connectivity index (χ4v) is 7.19. The maximum atomic E-state index is 13.9. The Bertz CT molecular complexity index is 1600. The lowest BCUT2D eigenvalue weighted by atomic mass is 9.97. The van der Waals surface area contributed by atoms with E-state index >= 15 is 0 Å². The summed E-state index contributed by atoms with van der Waals surface area (Å²) in [6.07, 6.45) is 1.41. The predicted molar refractivity (Wildman–Crippen MR) is 157 cm³/mol. The van der Waals surface area contributed by atoms with E-state index in [1.807, 2.05) is 60.7 Å². The number of rotatable bonds is 7. The minimum Gasteiger partial charge on any atom is -0.459 e. The first-order valence-electron chi connectivity index (χ1n) is 12.9. The molecule has 0 atom stereocenters. The molecular formula is C30H27Cl2N3O5S. The molecule has 212 valence electrons. The summed E-state index contributed by atoms with van der Waals surface area (Å²) in [6.45, 7) is 0.463. The predicted octanol–water partition coefficient (Wildman–Crippen LogP) is 5.59. The zero-order chi connectivity index (χ0) is 29.1. The van der Waals surface area contributed by atoms with Gasteiger partial charge in [-0.2, -0.15) is 4.31 Å². The molecule has 2 amide bonds. The van der Waals surface area contributed by atoms with Gasteiger partial charge >= 0.3 is 0 Å². The Morgan fingerprint density at radius 2 is 1.41 bits per heavy atom. The van der Waals surface area contributed by atoms with Crippen molar-refractivity contribution in [1.29, 1.82) is 0 Å². The van der Waals surface area contributed by atoms with Gasteiger partial charge in [0.1, 0.15) is 4.90 Å². The molecule has 0 unspecified atom stereocenters. The Balaban J connectivity index is 1.42. The molecule has 3 aromatic carbocycles. The van der Waals surface area contributed by atoms with E-state index in [2.05, 4.69) is 0 Å². The lowest BCUT2D eigenvalue weighted by Crippen LogP contribution is -2.50. The molecule has 1 aliphatic heterocycles. The molecule has 1 aliphatic rings. The van der Waals surface area contributed by atoms with Crippen molar-refractivity contribution in [3.05, 3.63) is 124 Å². The van der Waals surface area contributed by atoms with Crippen molar-refractivity contribution in [2.24, 2.45) is 0 Å². The smallest absolute Gasteiger partial charge is 0.289 e. The lowest BCUT2D eigenvalue weighted by molar-refractivity contribution is 0.0665. The van der Waals surface area contributed by atoms with Crippen molar-refractivity contribution in [2.45, 2.75) is 10.9 Å². The van der Waals surface area contributed by atoms with Gasteiger partial charge in [0.15, 0.2) is 5.76 Å². The maximum absolute atomic E-state index is 13.9. The van der Waals surface area contributed by atoms with Gasteiger partial charge in [0.25, 0.3) is 11.8 Å². The minimum atomic E-state index is -4.11. The third kappa shape index (κ3) is 5.90. The molecule has 11 heteroatoms. The normalized spacial score (nSPS) is 14.3. The van der Waals surface area contributed by atoms with Crippen LogP contribution in [-0.4, -0.2) is 67.6 Å². The second-order valence-corrected chi connectivity index (χ2v) is 12.3. The van der Waals surface area contributed by atoms with Crippen LogP contribution in [0.25, 0.3) is 0 Å². The van der Waals surface area contributed by atoms with Gasteiger partial charge in [-0.1, -0.05) is 83.9 Å². The van der Waals surface area contributed by atoms with E-state index in [0.717, 1.165) is 11.1 Å². The number of benzene rings is 3. The first kappa shape index (κ1) is 28.9. The van der Waals surface area contributed by atoms with Crippen molar-refractivity contribution >= 4 is 45.0 Å². The third-order valence-corrected chi connectivity index (χ3v) is 9.74. The molecule has 0 radical (unpaired) electrons. The fraction of sp³-hybridized carbons (Fsp3) is 0.200. The summed E-state index contributed by atoms with van der Waals surface area (Å²) in [5.41, 5.74) is 1.78. The maximum Gasteiger partial charge on any atom is 0.289 e. The van der Waals surface area contributed by atoms with Crippen LogP contribution in [0.1, 0.15) is 38.1 Å². The number of carbonyl (C=O) groups excluding carboxylic acids is 2. The van der Waals surface area contributed by atoms with Crippen molar-refractivity contribution in [1.82, 2.24) is 14.1 Å². The molecule has 1 saturated heterocycles. The quantitative estimate of drug-likeness (QED) is 0.271. The van der Waals surface area contributed by atoms with Crippen LogP contribution < -0.4 is 0 Å². The number of nitrogens with zero attached hydrogens (tertiary/aromatic N) is 3. The molecule has 0 bridgehead atoms. The Morgan fingerprint density at radius 1 is 0.829 bits per heavy atom. The second kappa shape index (κ2) is 12.1. The molecule has 0 aliphatic carbocycles. The van der Waals surface area contributed by atoms with Crippen molar-refractivity contribution in [3.63, 3.8) is 0 Å². The summed E-state index contributed by atoms with van der Waals surface area (Å²) in [4.78, 5) is 29.3. The Morgan fingerprint density at radius 3 is 1.95 bits per heavy atom. The van der Waals surface area contributed by atoms with E-state index in [4.69, 9.17) is 27.6 Å². The van der Waals surface area contributed by atoms with Crippen molar-refractivity contribution in [2.75, 3.05) is 33.2 Å². The summed E-state index contributed by atoms with van der Waals surface area (Å²) in [6, 6.07) is 24.3. The molecule has 0 saturated carbocycles. The van der Waals surface area contributed by atoms with Crippen LogP contribution in [-0.2, 0) is 10.0 Å². The Kier molecular flexibility index (Phi) is 8.51. The summed E-state index contributed by atoms with van der Waals surface area (Å²) >= 11 is 12.9. The van der Waals surface area contributed by atoms with Gasteiger partial charge in [0, 0.05) is 33.2 Å². The highest BCUT2D eigenvalue weighted by molar-refractivity contribution is 7.89. The first-order chi connectivity index (χ1) is 19.7. The number of hydrogen-bond acceptors (Lipinski definition) is 5.